The molecule has 2 aromatic rings. The Morgan fingerprint density at radius 1 is 1.00 bits per heavy atom. The van der Waals surface area contributed by atoms with E-state index in [4.69, 9.17) is 9.16 Å². The van der Waals surface area contributed by atoms with E-state index >= 15 is 0 Å². The Bertz CT molecular complexity index is 634. The Kier molecular flexibility index (Phi) is 6.16. The molecule has 24 heavy (non-hydrogen) atoms. The van der Waals surface area contributed by atoms with Crippen LogP contribution in [0.1, 0.15) is 23.7 Å². The molecule has 0 aliphatic heterocycles. The molecular weight excluding hydrogens is 312 g/mol. The Labute approximate surface area is 147 Å². The first-order chi connectivity index (χ1) is 11.4. The summed E-state index contributed by atoms with van der Waals surface area (Å²) in [5.41, 5.74) is 1.66. The third-order valence-electron chi connectivity index (χ3n) is 3.96. The van der Waals surface area contributed by atoms with Crippen molar-refractivity contribution in [2.45, 2.75) is 37.8 Å². The number of hydrogen-bond acceptors (Lipinski definition) is 2. The fourth-order valence-electron chi connectivity index (χ4n) is 3.23. The molecule has 0 aromatic heterocycles. The van der Waals surface area contributed by atoms with Gasteiger partial charge in [0, 0.05) is 13.5 Å². The molecule has 0 heterocycles. The van der Waals surface area contributed by atoms with E-state index in [0.717, 1.165) is 11.1 Å². The highest BCUT2D eigenvalue weighted by Crippen LogP contribution is 2.45. The van der Waals surface area contributed by atoms with Crippen LogP contribution < -0.4 is 0 Å². The van der Waals surface area contributed by atoms with Gasteiger partial charge in [-0.1, -0.05) is 66.7 Å². The molecular formula is C21H28O2Si. The summed E-state index contributed by atoms with van der Waals surface area (Å²) in [5, 5.41) is 0. The summed E-state index contributed by atoms with van der Waals surface area (Å²) in [7, 11) is -0.0964. The van der Waals surface area contributed by atoms with Crippen LogP contribution in [0.25, 0.3) is 0 Å². The van der Waals surface area contributed by atoms with Crippen molar-refractivity contribution in [1.82, 2.24) is 0 Å². The summed E-state index contributed by atoms with van der Waals surface area (Å²) in [5.74, 6) is 0. The van der Waals surface area contributed by atoms with E-state index in [2.05, 4.69) is 62.6 Å². The predicted molar refractivity (Wildman–Crippen MR) is 104 cm³/mol. The van der Waals surface area contributed by atoms with Gasteiger partial charge in [0.15, 0.2) is 8.32 Å². The minimum absolute atomic E-state index is 0.203. The molecule has 0 fully saturated rings. The molecule has 0 bridgehead atoms. The molecule has 2 nitrogen and oxygen atoms in total. The zero-order chi connectivity index (χ0) is 17.6. The van der Waals surface area contributed by atoms with Gasteiger partial charge in [-0.2, -0.15) is 0 Å². The van der Waals surface area contributed by atoms with Crippen molar-refractivity contribution in [3.05, 3.63) is 84.4 Å². The maximum absolute atomic E-state index is 6.80. The summed E-state index contributed by atoms with van der Waals surface area (Å²) >= 11 is 0. The maximum Gasteiger partial charge on any atom is 0.185 e. The van der Waals surface area contributed by atoms with Crippen molar-refractivity contribution in [2.24, 2.45) is 0 Å². The summed E-state index contributed by atoms with van der Waals surface area (Å²) in [4.78, 5) is 0. The van der Waals surface area contributed by atoms with Crippen LogP contribution in [0, 0.1) is 0 Å². The van der Waals surface area contributed by atoms with Gasteiger partial charge in [-0.3, -0.25) is 0 Å². The molecule has 0 radical (unpaired) electrons. The quantitative estimate of drug-likeness (QED) is 0.453. The van der Waals surface area contributed by atoms with E-state index in [1.165, 1.54) is 0 Å². The van der Waals surface area contributed by atoms with E-state index in [-0.39, 0.29) is 6.10 Å². The molecule has 0 saturated heterocycles. The Balaban J connectivity index is 2.65. The molecule has 2 aromatic carbocycles. The third-order valence-corrected chi connectivity index (χ3v) is 4.94. The van der Waals surface area contributed by atoms with Crippen molar-refractivity contribution in [2.75, 3.05) is 7.11 Å². The van der Waals surface area contributed by atoms with Crippen molar-refractivity contribution in [3.63, 3.8) is 0 Å². The molecule has 0 N–H and O–H groups in total. The molecule has 0 aliphatic carbocycles. The zero-order valence-electron chi connectivity index (χ0n) is 15.2. The molecule has 128 valence electrons. The van der Waals surface area contributed by atoms with Crippen molar-refractivity contribution >= 4 is 8.32 Å². The molecule has 0 spiro atoms. The highest BCUT2D eigenvalue weighted by Gasteiger charge is 2.44. The lowest BCUT2D eigenvalue weighted by Crippen LogP contribution is -2.45. The number of benzene rings is 2. The lowest BCUT2D eigenvalue weighted by atomic mass is 9.82. The summed E-state index contributed by atoms with van der Waals surface area (Å²) in [6, 6.07) is 20.7. The van der Waals surface area contributed by atoms with Crippen molar-refractivity contribution in [1.29, 1.82) is 0 Å². The lowest BCUT2D eigenvalue weighted by Gasteiger charge is -2.44. The first-order valence-electron chi connectivity index (χ1n) is 8.37. The van der Waals surface area contributed by atoms with Crippen LogP contribution in [-0.4, -0.2) is 15.4 Å². The molecule has 3 heteroatoms. The zero-order valence-corrected chi connectivity index (χ0v) is 16.2. The Morgan fingerprint density at radius 3 is 2.00 bits per heavy atom. The van der Waals surface area contributed by atoms with Crippen LogP contribution >= 0.6 is 0 Å². The second kappa shape index (κ2) is 7.93. The smallest absolute Gasteiger partial charge is 0.185 e. The topological polar surface area (TPSA) is 18.5 Å². The summed E-state index contributed by atoms with van der Waals surface area (Å²) < 4.78 is 12.8. The maximum atomic E-state index is 6.80. The first-order valence-corrected chi connectivity index (χ1v) is 11.8. The van der Waals surface area contributed by atoms with Gasteiger partial charge in [-0.15, -0.1) is 6.58 Å². The molecule has 0 amide bonds. The van der Waals surface area contributed by atoms with Gasteiger partial charge in [0.1, 0.15) is 11.7 Å². The number of hydrogen-bond donors (Lipinski definition) is 0. The van der Waals surface area contributed by atoms with Crippen LogP contribution in [0.4, 0.5) is 0 Å². The number of ether oxygens (including phenoxy) is 1. The van der Waals surface area contributed by atoms with Gasteiger partial charge in [0.25, 0.3) is 0 Å². The lowest BCUT2D eigenvalue weighted by molar-refractivity contribution is -0.0873. The van der Waals surface area contributed by atoms with Gasteiger partial charge < -0.3 is 9.16 Å². The molecule has 2 atom stereocenters. The monoisotopic (exact) mass is 340 g/mol. The third kappa shape index (κ3) is 4.23. The first kappa shape index (κ1) is 18.7. The van der Waals surface area contributed by atoms with Crippen molar-refractivity contribution < 1.29 is 9.16 Å². The van der Waals surface area contributed by atoms with E-state index in [1.54, 1.807) is 7.11 Å². The second-order valence-electron chi connectivity index (χ2n) is 6.99. The second-order valence-corrected chi connectivity index (χ2v) is 11.4. The molecule has 2 rings (SSSR count). The van der Waals surface area contributed by atoms with E-state index in [1.807, 2.05) is 30.3 Å². The van der Waals surface area contributed by atoms with E-state index in [9.17, 15) is 0 Å². The van der Waals surface area contributed by atoms with Crippen LogP contribution in [-0.2, 0) is 14.8 Å². The van der Waals surface area contributed by atoms with Gasteiger partial charge in [-0.05, 0) is 30.8 Å². The van der Waals surface area contributed by atoms with Gasteiger partial charge >= 0.3 is 0 Å². The highest BCUT2D eigenvalue weighted by atomic mass is 28.4. The van der Waals surface area contributed by atoms with E-state index < -0.39 is 13.9 Å². The molecule has 0 unspecified atom stereocenters. The van der Waals surface area contributed by atoms with E-state index in [0.29, 0.717) is 6.42 Å². The van der Waals surface area contributed by atoms with Gasteiger partial charge in [-0.25, -0.2) is 0 Å². The Morgan fingerprint density at radius 2 is 1.54 bits per heavy atom. The minimum atomic E-state index is -1.85. The minimum Gasteiger partial charge on any atom is -0.405 e. The van der Waals surface area contributed by atoms with Crippen LogP contribution in [0.3, 0.4) is 0 Å². The standard InChI is InChI=1S/C21H28O2Si/c1-6-17-21(23-24(3,4)5,19-15-11-8-12-16-19)20(22-2)18-13-9-7-10-14-18/h6-16,20H,1,17H2,2-5H3/t20-,21+/m0/s1. The predicted octanol–water partition coefficient (Wildman–Crippen LogP) is 5.70. The van der Waals surface area contributed by atoms with Crippen LogP contribution in [0.15, 0.2) is 73.3 Å². The van der Waals surface area contributed by atoms with Gasteiger partial charge in [0.05, 0.1) is 0 Å². The molecule has 0 saturated carbocycles. The summed E-state index contributed by atoms with van der Waals surface area (Å²) in [6.45, 7) is 10.6. The van der Waals surface area contributed by atoms with Crippen LogP contribution in [0.2, 0.25) is 19.6 Å². The molecule has 0 aliphatic rings. The fraction of sp³-hybridized carbons (Fsp3) is 0.333. The average molecular weight is 341 g/mol. The van der Waals surface area contributed by atoms with Gasteiger partial charge in [0.2, 0.25) is 0 Å². The van der Waals surface area contributed by atoms with Crippen molar-refractivity contribution in [3.8, 4) is 0 Å². The normalized spacial score (nSPS) is 15.5. The fourth-order valence-corrected chi connectivity index (χ4v) is 4.64. The Hall–Kier alpha value is -1.68. The largest absolute Gasteiger partial charge is 0.405 e. The van der Waals surface area contributed by atoms with Crippen LogP contribution in [0.5, 0.6) is 0 Å². The highest BCUT2D eigenvalue weighted by molar-refractivity contribution is 6.69. The number of methoxy groups -OCH3 is 1. The SMILES string of the molecule is C=CC[C@@](O[Si](C)(C)C)(c1ccccc1)[C@@H](OC)c1ccccc1. The average Bonchev–Trinajstić information content (AvgIpc) is 2.56. The number of rotatable bonds is 8. The summed E-state index contributed by atoms with van der Waals surface area (Å²) in [6.07, 6.45) is 2.42.